The smallest absolute Gasteiger partial charge is 0.235 e. The van der Waals surface area contributed by atoms with E-state index in [0.717, 1.165) is 6.42 Å². The van der Waals surface area contributed by atoms with Crippen molar-refractivity contribution < 1.29 is 4.74 Å². The van der Waals surface area contributed by atoms with E-state index in [2.05, 4.69) is 11.8 Å². The number of rotatable bonds is 3. The van der Waals surface area contributed by atoms with Gasteiger partial charge < -0.3 is 4.74 Å². The summed E-state index contributed by atoms with van der Waals surface area (Å²) in [6, 6.07) is 0. The van der Waals surface area contributed by atoms with Crippen molar-refractivity contribution in [2.75, 3.05) is 21.2 Å². The number of hydrogen-bond donors (Lipinski definition) is 0. The van der Waals surface area contributed by atoms with E-state index in [1.807, 2.05) is 14.1 Å². The Kier molecular flexibility index (Phi) is 3.83. The number of ether oxygens (including phenoxy) is 1. The maximum absolute atomic E-state index is 5.09. The summed E-state index contributed by atoms with van der Waals surface area (Å²) in [6.07, 6.45) is 1.33. The lowest BCUT2D eigenvalue weighted by atomic mass is 10.4. The lowest BCUT2D eigenvalue weighted by Gasteiger charge is -2.10. The molecule has 0 aliphatic rings. The highest BCUT2D eigenvalue weighted by molar-refractivity contribution is 4.53. The normalized spacial score (nSPS) is 14.6. The van der Waals surface area contributed by atoms with Gasteiger partial charge in [-0.1, -0.05) is 6.92 Å². The van der Waals surface area contributed by atoms with Crippen LogP contribution in [0.15, 0.2) is 0 Å². The van der Waals surface area contributed by atoms with Gasteiger partial charge in [0, 0.05) is 13.5 Å². The fourth-order valence-electron chi connectivity index (χ4n) is 0.743. The minimum absolute atomic E-state index is 0.287. The van der Waals surface area contributed by atoms with Crippen LogP contribution in [0.4, 0.5) is 0 Å². The van der Waals surface area contributed by atoms with Gasteiger partial charge in [0.25, 0.3) is 0 Å². The summed E-state index contributed by atoms with van der Waals surface area (Å²) >= 11 is 0. The lowest BCUT2D eigenvalue weighted by Crippen LogP contribution is -2.33. The third kappa shape index (κ3) is 2.28. The second-order valence-corrected chi connectivity index (χ2v) is 2.06. The zero-order valence-electron chi connectivity index (χ0n) is 6.14. The molecule has 1 atom stereocenters. The predicted octanol–water partition coefficient (Wildman–Crippen LogP) is 0.769. The first-order valence-corrected chi connectivity index (χ1v) is 2.91. The van der Waals surface area contributed by atoms with Crippen LogP contribution in [0.2, 0.25) is 0 Å². The quantitative estimate of drug-likeness (QED) is 0.393. The molecule has 8 heavy (non-hydrogen) atoms. The van der Waals surface area contributed by atoms with E-state index in [1.165, 1.54) is 0 Å². The summed E-state index contributed by atoms with van der Waals surface area (Å²) in [5, 5.41) is 0. The Bertz CT molecular complexity index is 50.5. The Morgan fingerprint density at radius 3 is 2.00 bits per heavy atom. The molecule has 0 spiro atoms. The summed E-state index contributed by atoms with van der Waals surface area (Å²) < 4.78 is 5.09. The monoisotopic (exact) mass is 117 g/mol. The molecule has 0 saturated carbocycles. The second kappa shape index (κ2) is 3.87. The maximum Gasteiger partial charge on any atom is 0.235 e. The van der Waals surface area contributed by atoms with Crippen molar-refractivity contribution in [3.8, 4) is 0 Å². The molecule has 0 aromatic rings. The van der Waals surface area contributed by atoms with E-state index < -0.39 is 0 Å². The zero-order valence-corrected chi connectivity index (χ0v) is 6.14. The Labute approximate surface area is 51.4 Å². The molecule has 0 saturated heterocycles. The van der Waals surface area contributed by atoms with Crippen LogP contribution < -0.4 is 4.90 Å². The Hall–Kier alpha value is -0.0800. The van der Waals surface area contributed by atoms with E-state index in [-0.39, 0.29) is 6.23 Å². The summed E-state index contributed by atoms with van der Waals surface area (Å²) in [7, 11) is 5.75. The van der Waals surface area contributed by atoms with Gasteiger partial charge in [0.05, 0.1) is 0 Å². The topological polar surface area (TPSA) is 15.1 Å². The van der Waals surface area contributed by atoms with Gasteiger partial charge in [-0.3, -0.25) is 0 Å². The molecular weight excluding hydrogens is 102 g/mol. The number of nitrogens with zero attached hydrogens (tertiary/aromatic N) is 1. The summed E-state index contributed by atoms with van der Waals surface area (Å²) in [5.74, 6) is 0. The molecule has 0 amide bonds. The van der Waals surface area contributed by atoms with Crippen molar-refractivity contribution in [3.63, 3.8) is 0 Å². The van der Waals surface area contributed by atoms with Crippen molar-refractivity contribution in [1.29, 1.82) is 0 Å². The fraction of sp³-hybridized carbons (Fsp3) is 1.00. The zero-order chi connectivity index (χ0) is 6.57. The highest BCUT2D eigenvalue weighted by Crippen LogP contribution is 1.94. The first-order valence-electron chi connectivity index (χ1n) is 2.91. The van der Waals surface area contributed by atoms with Gasteiger partial charge in [0.15, 0.2) is 0 Å². The van der Waals surface area contributed by atoms with Crippen molar-refractivity contribution in [3.05, 3.63) is 0 Å². The Balaban J connectivity index is 3.35. The van der Waals surface area contributed by atoms with Gasteiger partial charge in [-0.05, 0) is 0 Å². The Morgan fingerprint density at radius 2 is 2.00 bits per heavy atom. The van der Waals surface area contributed by atoms with Crippen molar-refractivity contribution in [2.45, 2.75) is 19.6 Å². The molecule has 0 rings (SSSR count). The molecule has 0 aromatic heterocycles. The number of hydrogen-bond acceptors (Lipinski definition) is 2. The van der Waals surface area contributed by atoms with Gasteiger partial charge in [-0.15, -0.1) is 4.90 Å². The van der Waals surface area contributed by atoms with Crippen LogP contribution in [0.25, 0.3) is 0 Å². The van der Waals surface area contributed by atoms with Gasteiger partial charge >= 0.3 is 0 Å². The molecule has 0 aromatic carbocycles. The third-order valence-electron chi connectivity index (χ3n) is 1.20. The predicted molar refractivity (Wildman–Crippen MR) is 35.1 cm³/mol. The van der Waals surface area contributed by atoms with Crippen molar-refractivity contribution >= 4 is 0 Å². The SMILES string of the molecule is CCC(OC)[N+](C)C. The Morgan fingerprint density at radius 1 is 1.50 bits per heavy atom. The lowest BCUT2D eigenvalue weighted by molar-refractivity contribution is 0.0385. The van der Waals surface area contributed by atoms with Gasteiger partial charge in [0.2, 0.25) is 6.23 Å². The molecule has 0 bridgehead atoms. The second-order valence-electron chi connectivity index (χ2n) is 2.06. The van der Waals surface area contributed by atoms with Crippen LogP contribution in [0.3, 0.4) is 0 Å². The van der Waals surface area contributed by atoms with Crippen LogP contribution >= 0.6 is 0 Å². The fourth-order valence-corrected chi connectivity index (χ4v) is 0.743. The highest BCUT2D eigenvalue weighted by atomic mass is 16.5. The largest absolute Gasteiger partial charge is 0.329 e. The van der Waals surface area contributed by atoms with Crippen LogP contribution in [-0.2, 0) is 4.74 Å². The molecule has 1 radical (unpaired) electrons. The molecular formula is C6H15NO+. The summed E-state index contributed by atoms with van der Waals surface area (Å²) in [6.45, 7) is 2.11. The van der Waals surface area contributed by atoms with Gasteiger partial charge in [0.1, 0.15) is 14.1 Å². The van der Waals surface area contributed by atoms with Gasteiger partial charge in [-0.2, -0.15) is 0 Å². The van der Waals surface area contributed by atoms with E-state index in [0.29, 0.717) is 0 Å². The first-order chi connectivity index (χ1) is 3.72. The molecule has 0 aliphatic carbocycles. The van der Waals surface area contributed by atoms with E-state index in [4.69, 9.17) is 4.74 Å². The first kappa shape index (κ1) is 7.92. The van der Waals surface area contributed by atoms with E-state index >= 15 is 0 Å². The van der Waals surface area contributed by atoms with Crippen molar-refractivity contribution in [2.24, 2.45) is 0 Å². The van der Waals surface area contributed by atoms with E-state index in [9.17, 15) is 0 Å². The average Bonchev–Trinajstić information content (AvgIpc) is 1.69. The molecule has 2 heteroatoms. The van der Waals surface area contributed by atoms with Gasteiger partial charge in [-0.25, -0.2) is 0 Å². The average molecular weight is 117 g/mol. The third-order valence-corrected chi connectivity index (χ3v) is 1.20. The molecule has 49 valence electrons. The molecule has 0 fully saturated rings. The maximum atomic E-state index is 5.09. The van der Waals surface area contributed by atoms with Crippen LogP contribution in [0, 0.1) is 0 Å². The molecule has 2 nitrogen and oxygen atoms in total. The minimum atomic E-state index is 0.287. The minimum Gasteiger partial charge on any atom is -0.329 e. The standard InChI is InChI=1S/C6H15NO/c1-5-6(8-4)7(2)3/h6H,5H2,1-4H3/q+1. The summed E-state index contributed by atoms with van der Waals surface area (Å²) in [4.78, 5) is 2.06. The molecule has 1 unspecified atom stereocenters. The molecule has 0 N–H and O–H groups in total. The van der Waals surface area contributed by atoms with E-state index in [1.54, 1.807) is 7.11 Å². The van der Waals surface area contributed by atoms with Crippen molar-refractivity contribution in [1.82, 2.24) is 4.90 Å². The van der Waals surface area contributed by atoms with Crippen LogP contribution in [0.1, 0.15) is 13.3 Å². The number of methoxy groups -OCH3 is 1. The van der Waals surface area contributed by atoms with Crippen LogP contribution in [0.5, 0.6) is 0 Å². The summed E-state index contributed by atoms with van der Waals surface area (Å²) in [5.41, 5.74) is 0. The molecule has 0 heterocycles. The van der Waals surface area contributed by atoms with Crippen LogP contribution in [-0.4, -0.2) is 27.4 Å². The highest BCUT2D eigenvalue weighted by Gasteiger charge is 2.13. The molecule has 0 aliphatic heterocycles.